The van der Waals surface area contributed by atoms with Crippen molar-refractivity contribution in [1.82, 2.24) is 0 Å². The third-order valence-electron chi connectivity index (χ3n) is 3.33. The van der Waals surface area contributed by atoms with E-state index in [4.69, 9.17) is 4.74 Å². The number of rotatable bonds is 3. The van der Waals surface area contributed by atoms with Crippen LogP contribution in [0.2, 0.25) is 0 Å². The first-order chi connectivity index (χ1) is 8.13. The Hall–Kier alpha value is -1.35. The molecular weight excluding hydrogens is 216 g/mol. The second-order valence-electron chi connectivity index (χ2n) is 4.54. The molecule has 0 aliphatic heterocycles. The highest BCUT2D eigenvalue weighted by Crippen LogP contribution is 2.36. The fraction of sp³-hybridized carbons (Fsp3) is 0.500. The van der Waals surface area contributed by atoms with Crippen molar-refractivity contribution in [1.29, 1.82) is 0 Å². The number of aryl methyl sites for hydroxylation is 2. The molecule has 1 N–H and O–H groups in total. The number of aliphatic hydroxyl groups excluding tert-OH is 1. The van der Waals surface area contributed by atoms with Crippen molar-refractivity contribution >= 4 is 5.97 Å². The number of aliphatic hydroxyl groups is 1. The monoisotopic (exact) mass is 234 g/mol. The van der Waals surface area contributed by atoms with Crippen molar-refractivity contribution in [3.63, 3.8) is 0 Å². The van der Waals surface area contributed by atoms with Gasteiger partial charge in [0.25, 0.3) is 0 Å². The Kier molecular flexibility index (Phi) is 3.48. The van der Waals surface area contributed by atoms with E-state index in [0.717, 1.165) is 24.0 Å². The second kappa shape index (κ2) is 4.88. The van der Waals surface area contributed by atoms with E-state index in [1.807, 2.05) is 6.92 Å². The minimum atomic E-state index is -1.03. The van der Waals surface area contributed by atoms with Crippen LogP contribution in [0, 0.1) is 6.92 Å². The van der Waals surface area contributed by atoms with E-state index in [0.29, 0.717) is 6.61 Å². The zero-order chi connectivity index (χ0) is 12.4. The lowest BCUT2D eigenvalue weighted by Gasteiger charge is -2.17. The minimum absolute atomic E-state index is 0.107. The molecule has 1 aromatic carbocycles. The van der Waals surface area contributed by atoms with Crippen LogP contribution < -0.4 is 0 Å². The van der Waals surface area contributed by atoms with E-state index in [1.165, 1.54) is 5.56 Å². The third-order valence-corrected chi connectivity index (χ3v) is 3.33. The summed E-state index contributed by atoms with van der Waals surface area (Å²) >= 11 is 0. The maximum absolute atomic E-state index is 11.6. The second-order valence-corrected chi connectivity index (χ2v) is 4.54. The summed E-state index contributed by atoms with van der Waals surface area (Å²) in [6.07, 6.45) is 0.716. The van der Waals surface area contributed by atoms with Gasteiger partial charge in [-0.05, 0) is 37.8 Å². The Morgan fingerprint density at radius 3 is 3.06 bits per heavy atom. The summed E-state index contributed by atoms with van der Waals surface area (Å²) in [7, 11) is 0. The number of hydrogen-bond acceptors (Lipinski definition) is 3. The van der Waals surface area contributed by atoms with Crippen LogP contribution >= 0.6 is 0 Å². The molecule has 1 aliphatic carbocycles. The SMILES string of the molecule is CCOC(=O)C(O)C1CCc2ccc(C)cc21. The molecule has 0 bridgehead atoms. The highest BCUT2D eigenvalue weighted by molar-refractivity contribution is 5.76. The van der Waals surface area contributed by atoms with Gasteiger partial charge in [0.05, 0.1) is 6.61 Å². The zero-order valence-corrected chi connectivity index (χ0v) is 10.3. The molecule has 3 heteroatoms. The van der Waals surface area contributed by atoms with Crippen LogP contribution in [0.1, 0.15) is 36.0 Å². The Bertz CT molecular complexity index is 425. The van der Waals surface area contributed by atoms with Crippen molar-refractivity contribution in [2.75, 3.05) is 6.61 Å². The predicted molar refractivity (Wildman–Crippen MR) is 64.9 cm³/mol. The third kappa shape index (κ3) is 2.34. The highest BCUT2D eigenvalue weighted by Gasteiger charge is 2.33. The summed E-state index contributed by atoms with van der Waals surface area (Å²) < 4.78 is 4.87. The lowest BCUT2D eigenvalue weighted by molar-refractivity contribution is -0.154. The fourth-order valence-corrected chi connectivity index (χ4v) is 2.47. The quantitative estimate of drug-likeness (QED) is 0.813. The molecule has 2 unspecified atom stereocenters. The molecule has 0 fully saturated rings. The standard InChI is InChI=1S/C14H18O3/c1-3-17-14(16)13(15)11-7-6-10-5-4-9(2)8-12(10)11/h4-5,8,11,13,15H,3,6-7H2,1-2H3. The van der Waals surface area contributed by atoms with Crippen LogP contribution in [0.25, 0.3) is 0 Å². The van der Waals surface area contributed by atoms with Gasteiger partial charge in [-0.1, -0.05) is 23.8 Å². The van der Waals surface area contributed by atoms with Crippen LogP contribution in [-0.4, -0.2) is 23.8 Å². The molecule has 0 aromatic heterocycles. The molecule has 2 atom stereocenters. The number of esters is 1. The zero-order valence-electron chi connectivity index (χ0n) is 10.3. The van der Waals surface area contributed by atoms with Crippen LogP contribution in [-0.2, 0) is 16.0 Å². The summed E-state index contributed by atoms with van der Waals surface area (Å²) in [6.45, 7) is 4.08. The van der Waals surface area contributed by atoms with E-state index in [-0.39, 0.29) is 5.92 Å². The van der Waals surface area contributed by atoms with E-state index in [9.17, 15) is 9.90 Å². The lowest BCUT2D eigenvalue weighted by atomic mass is 9.94. The lowest BCUT2D eigenvalue weighted by Crippen LogP contribution is -2.28. The Morgan fingerprint density at radius 2 is 2.35 bits per heavy atom. The first-order valence-electron chi connectivity index (χ1n) is 6.07. The molecule has 0 amide bonds. The van der Waals surface area contributed by atoms with Crippen molar-refractivity contribution in [2.24, 2.45) is 0 Å². The topological polar surface area (TPSA) is 46.5 Å². The Balaban J connectivity index is 2.21. The number of hydrogen-bond donors (Lipinski definition) is 1. The molecule has 92 valence electrons. The normalized spacial score (nSPS) is 19.8. The highest BCUT2D eigenvalue weighted by atomic mass is 16.5. The van der Waals surface area contributed by atoms with E-state index in [2.05, 4.69) is 18.2 Å². The minimum Gasteiger partial charge on any atom is -0.464 e. The van der Waals surface area contributed by atoms with Gasteiger partial charge >= 0.3 is 5.97 Å². The molecule has 2 rings (SSSR count). The van der Waals surface area contributed by atoms with Gasteiger partial charge in [0, 0.05) is 5.92 Å². The van der Waals surface area contributed by atoms with Crippen molar-refractivity contribution in [3.8, 4) is 0 Å². The maximum atomic E-state index is 11.6. The van der Waals surface area contributed by atoms with Gasteiger partial charge in [0.1, 0.15) is 0 Å². The molecule has 0 spiro atoms. The van der Waals surface area contributed by atoms with Crippen molar-refractivity contribution in [2.45, 2.75) is 38.7 Å². The molecule has 0 saturated carbocycles. The van der Waals surface area contributed by atoms with Gasteiger partial charge < -0.3 is 9.84 Å². The van der Waals surface area contributed by atoms with Crippen LogP contribution in [0.4, 0.5) is 0 Å². The molecule has 0 saturated heterocycles. The summed E-state index contributed by atoms with van der Waals surface area (Å²) in [5, 5.41) is 10.0. The molecule has 0 radical (unpaired) electrons. The van der Waals surface area contributed by atoms with Gasteiger partial charge in [-0.3, -0.25) is 0 Å². The summed E-state index contributed by atoms with van der Waals surface area (Å²) in [5.41, 5.74) is 3.50. The van der Waals surface area contributed by atoms with Gasteiger partial charge in [0.2, 0.25) is 0 Å². The van der Waals surface area contributed by atoms with Gasteiger partial charge in [0.15, 0.2) is 6.10 Å². The van der Waals surface area contributed by atoms with Crippen LogP contribution in [0.15, 0.2) is 18.2 Å². The first-order valence-corrected chi connectivity index (χ1v) is 6.07. The van der Waals surface area contributed by atoms with Crippen molar-refractivity contribution in [3.05, 3.63) is 34.9 Å². The Labute approximate surface area is 101 Å². The van der Waals surface area contributed by atoms with Gasteiger partial charge in [-0.15, -0.1) is 0 Å². The van der Waals surface area contributed by atoms with E-state index >= 15 is 0 Å². The number of benzene rings is 1. The van der Waals surface area contributed by atoms with E-state index < -0.39 is 12.1 Å². The summed E-state index contributed by atoms with van der Waals surface area (Å²) in [4.78, 5) is 11.6. The van der Waals surface area contributed by atoms with Crippen molar-refractivity contribution < 1.29 is 14.6 Å². The predicted octanol–water partition coefficient (Wildman–Crippen LogP) is 1.95. The molecule has 3 nitrogen and oxygen atoms in total. The average Bonchev–Trinajstić information content (AvgIpc) is 2.71. The largest absolute Gasteiger partial charge is 0.464 e. The molecular formula is C14H18O3. The molecule has 1 aromatic rings. The molecule has 17 heavy (non-hydrogen) atoms. The number of carbonyl (C=O) groups excluding carboxylic acids is 1. The summed E-state index contributed by atoms with van der Waals surface area (Å²) in [6, 6.07) is 6.22. The maximum Gasteiger partial charge on any atom is 0.335 e. The first kappa shape index (κ1) is 12.1. The van der Waals surface area contributed by atoms with Crippen LogP contribution in [0.5, 0.6) is 0 Å². The fourth-order valence-electron chi connectivity index (χ4n) is 2.47. The van der Waals surface area contributed by atoms with Gasteiger partial charge in [-0.25, -0.2) is 4.79 Å². The molecule has 0 heterocycles. The summed E-state index contributed by atoms with van der Waals surface area (Å²) in [5.74, 6) is -0.615. The number of fused-ring (bicyclic) bond motifs is 1. The smallest absolute Gasteiger partial charge is 0.335 e. The molecule has 1 aliphatic rings. The van der Waals surface area contributed by atoms with Gasteiger partial charge in [-0.2, -0.15) is 0 Å². The number of ether oxygens (including phenoxy) is 1. The number of carbonyl (C=O) groups is 1. The van der Waals surface area contributed by atoms with E-state index in [1.54, 1.807) is 6.92 Å². The van der Waals surface area contributed by atoms with Crippen LogP contribution in [0.3, 0.4) is 0 Å². The average molecular weight is 234 g/mol. The Morgan fingerprint density at radius 1 is 1.59 bits per heavy atom.